The molecule has 2 aromatic heterocycles. The lowest BCUT2D eigenvalue weighted by atomic mass is 10.2. The predicted octanol–water partition coefficient (Wildman–Crippen LogP) is 3.74. The first-order chi connectivity index (χ1) is 13.6. The van der Waals surface area contributed by atoms with E-state index in [1.165, 1.54) is 11.8 Å². The maximum absolute atomic E-state index is 12.2. The number of aromatic nitrogens is 4. The van der Waals surface area contributed by atoms with Crippen molar-refractivity contribution in [2.24, 2.45) is 5.92 Å². The Morgan fingerprint density at radius 1 is 1.21 bits per heavy atom. The number of carbonyl (C=O) groups is 1. The van der Waals surface area contributed by atoms with Gasteiger partial charge >= 0.3 is 0 Å². The van der Waals surface area contributed by atoms with E-state index >= 15 is 0 Å². The van der Waals surface area contributed by atoms with Crippen molar-refractivity contribution >= 4 is 23.4 Å². The van der Waals surface area contributed by atoms with Crippen molar-refractivity contribution in [3.8, 4) is 17.1 Å². The molecule has 0 radical (unpaired) electrons. The van der Waals surface area contributed by atoms with Crippen LogP contribution in [-0.4, -0.2) is 38.5 Å². The monoisotopic (exact) mass is 397 g/mol. The fraction of sp³-hybridized carbons (Fsp3) is 0.300. The third-order valence-corrected chi connectivity index (χ3v) is 4.86. The van der Waals surface area contributed by atoms with E-state index in [0.717, 1.165) is 28.8 Å². The van der Waals surface area contributed by atoms with Crippen LogP contribution in [0, 0.1) is 5.92 Å². The lowest BCUT2D eigenvalue weighted by Gasteiger charge is -2.13. The molecule has 146 valence electrons. The molecule has 0 spiro atoms. The van der Waals surface area contributed by atoms with E-state index in [-0.39, 0.29) is 11.7 Å². The van der Waals surface area contributed by atoms with Crippen LogP contribution in [0.1, 0.15) is 13.8 Å². The van der Waals surface area contributed by atoms with Crippen LogP contribution in [-0.2, 0) is 11.3 Å². The highest BCUT2D eigenvalue weighted by Gasteiger charge is 2.17. The summed E-state index contributed by atoms with van der Waals surface area (Å²) in [5.41, 5.74) is 1.64. The summed E-state index contributed by atoms with van der Waals surface area (Å²) >= 11 is 1.37. The van der Waals surface area contributed by atoms with Crippen molar-refractivity contribution < 1.29 is 9.53 Å². The Hall–Kier alpha value is -2.87. The average molecular weight is 398 g/mol. The van der Waals surface area contributed by atoms with Crippen LogP contribution in [0.3, 0.4) is 0 Å². The standard InChI is InChI=1S/C20H23N5O2S/c1-14(2)12-25-19(15-6-8-17(27-3)9-7-15)23-24-20(25)28-13-18(26)22-16-5-4-10-21-11-16/h4-11,14H,12-13H2,1-3H3,(H,22,26). The molecule has 0 aliphatic carbocycles. The molecule has 2 heterocycles. The van der Waals surface area contributed by atoms with Gasteiger partial charge < -0.3 is 14.6 Å². The predicted molar refractivity (Wildman–Crippen MR) is 110 cm³/mol. The normalized spacial score (nSPS) is 10.9. The molecule has 0 bridgehead atoms. The van der Waals surface area contributed by atoms with Crippen molar-refractivity contribution in [3.05, 3.63) is 48.8 Å². The quantitative estimate of drug-likeness (QED) is 0.583. The van der Waals surface area contributed by atoms with E-state index in [9.17, 15) is 4.79 Å². The van der Waals surface area contributed by atoms with Gasteiger partial charge in [-0.05, 0) is 42.3 Å². The maximum Gasteiger partial charge on any atom is 0.234 e. The van der Waals surface area contributed by atoms with Crippen LogP contribution in [0.25, 0.3) is 11.4 Å². The van der Waals surface area contributed by atoms with Gasteiger partial charge in [-0.25, -0.2) is 0 Å². The summed E-state index contributed by atoms with van der Waals surface area (Å²) in [6.45, 7) is 5.05. The Morgan fingerprint density at radius 3 is 2.64 bits per heavy atom. The number of thioether (sulfide) groups is 1. The van der Waals surface area contributed by atoms with Gasteiger partial charge in [0, 0.05) is 18.3 Å². The highest BCUT2D eigenvalue weighted by molar-refractivity contribution is 7.99. The van der Waals surface area contributed by atoms with Crippen LogP contribution in [0.15, 0.2) is 53.9 Å². The van der Waals surface area contributed by atoms with E-state index < -0.39 is 0 Å². The highest BCUT2D eigenvalue weighted by atomic mass is 32.2. The van der Waals surface area contributed by atoms with Crippen LogP contribution in [0.5, 0.6) is 5.75 Å². The summed E-state index contributed by atoms with van der Waals surface area (Å²) in [5.74, 6) is 2.12. The van der Waals surface area contributed by atoms with Gasteiger partial charge in [0.15, 0.2) is 11.0 Å². The molecule has 0 aliphatic rings. The number of pyridine rings is 1. The van der Waals surface area contributed by atoms with E-state index in [0.29, 0.717) is 11.6 Å². The summed E-state index contributed by atoms with van der Waals surface area (Å²) in [6, 6.07) is 11.3. The highest BCUT2D eigenvalue weighted by Crippen LogP contribution is 2.26. The van der Waals surface area contributed by atoms with Gasteiger partial charge in [0.1, 0.15) is 5.75 Å². The Balaban J connectivity index is 1.74. The summed E-state index contributed by atoms with van der Waals surface area (Å²) in [4.78, 5) is 16.2. The molecule has 0 saturated heterocycles. The SMILES string of the molecule is COc1ccc(-c2nnc(SCC(=O)Nc3cccnc3)n2CC(C)C)cc1. The second kappa shape index (κ2) is 9.36. The molecule has 1 amide bonds. The van der Waals surface area contributed by atoms with Gasteiger partial charge in [0.2, 0.25) is 5.91 Å². The van der Waals surface area contributed by atoms with Crippen LogP contribution < -0.4 is 10.1 Å². The number of rotatable bonds is 8. The minimum atomic E-state index is -0.108. The second-order valence-electron chi connectivity index (χ2n) is 6.62. The van der Waals surface area contributed by atoms with Gasteiger partial charge in [-0.1, -0.05) is 25.6 Å². The Labute approximate surface area is 168 Å². The number of nitrogens with zero attached hydrogens (tertiary/aromatic N) is 4. The topological polar surface area (TPSA) is 81.9 Å². The maximum atomic E-state index is 12.2. The zero-order chi connectivity index (χ0) is 19.9. The fourth-order valence-electron chi connectivity index (χ4n) is 2.64. The average Bonchev–Trinajstić information content (AvgIpc) is 3.09. The second-order valence-corrected chi connectivity index (χ2v) is 7.56. The third kappa shape index (κ3) is 5.10. The summed E-state index contributed by atoms with van der Waals surface area (Å²) in [5, 5.41) is 12.2. The van der Waals surface area contributed by atoms with Gasteiger partial charge in [0.25, 0.3) is 0 Å². The molecule has 7 nitrogen and oxygen atoms in total. The number of benzene rings is 1. The van der Waals surface area contributed by atoms with Crippen molar-refractivity contribution in [3.63, 3.8) is 0 Å². The Morgan fingerprint density at radius 2 is 2.00 bits per heavy atom. The zero-order valence-corrected chi connectivity index (χ0v) is 16.9. The summed E-state index contributed by atoms with van der Waals surface area (Å²) < 4.78 is 7.29. The van der Waals surface area contributed by atoms with Gasteiger partial charge in [-0.15, -0.1) is 10.2 Å². The van der Waals surface area contributed by atoms with Crippen molar-refractivity contribution in [2.45, 2.75) is 25.5 Å². The minimum absolute atomic E-state index is 0.108. The van der Waals surface area contributed by atoms with E-state index in [2.05, 4.69) is 38.9 Å². The number of hydrogen-bond donors (Lipinski definition) is 1. The first-order valence-corrected chi connectivity index (χ1v) is 9.95. The Bertz CT molecular complexity index is 910. The molecule has 8 heteroatoms. The lowest BCUT2D eigenvalue weighted by Crippen LogP contribution is -2.15. The van der Waals surface area contributed by atoms with Gasteiger partial charge in [0.05, 0.1) is 24.7 Å². The van der Waals surface area contributed by atoms with Gasteiger partial charge in [-0.2, -0.15) is 0 Å². The van der Waals surface area contributed by atoms with E-state index in [1.54, 1.807) is 31.6 Å². The molecular formula is C20H23N5O2S. The van der Waals surface area contributed by atoms with Crippen LogP contribution in [0.4, 0.5) is 5.69 Å². The first kappa shape index (κ1) is 19.9. The van der Waals surface area contributed by atoms with Crippen LogP contribution >= 0.6 is 11.8 Å². The van der Waals surface area contributed by atoms with E-state index in [4.69, 9.17) is 4.74 Å². The molecule has 0 saturated carbocycles. The lowest BCUT2D eigenvalue weighted by molar-refractivity contribution is -0.113. The molecule has 0 fully saturated rings. The summed E-state index contributed by atoms with van der Waals surface area (Å²) in [6.07, 6.45) is 3.28. The number of nitrogens with one attached hydrogen (secondary N) is 1. The molecule has 3 rings (SSSR count). The molecule has 1 N–H and O–H groups in total. The number of anilines is 1. The number of carbonyl (C=O) groups excluding carboxylic acids is 1. The smallest absolute Gasteiger partial charge is 0.234 e. The number of ether oxygens (including phenoxy) is 1. The number of methoxy groups -OCH3 is 1. The van der Waals surface area contributed by atoms with Gasteiger partial charge in [-0.3, -0.25) is 9.78 Å². The molecule has 28 heavy (non-hydrogen) atoms. The van der Waals surface area contributed by atoms with Crippen molar-refractivity contribution in [1.82, 2.24) is 19.7 Å². The molecule has 0 aliphatic heterocycles. The molecule has 0 atom stereocenters. The molecule has 1 aromatic carbocycles. The summed E-state index contributed by atoms with van der Waals surface area (Å²) in [7, 11) is 1.64. The number of amides is 1. The van der Waals surface area contributed by atoms with E-state index in [1.807, 2.05) is 24.3 Å². The van der Waals surface area contributed by atoms with Crippen molar-refractivity contribution in [1.29, 1.82) is 0 Å². The zero-order valence-electron chi connectivity index (χ0n) is 16.1. The van der Waals surface area contributed by atoms with Crippen LogP contribution in [0.2, 0.25) is 0 Å². The molecule has 0 unspecified atom stereocenters. The first-order valence-electron chi connectivity index (χ1n) is 8.97. The molecule has 3 aromatic rings. The van der Waals surface area contributed by atoms with Crippen molar-refractivity contribution in [2.75, 3.05) is 18.2 Å². The Kier molecular flexibility index (Phi) is 6.65. The largest absolute Gasteiger partial charge is 0.497 e. The number of hydrogen-bond acceptors (Lipinski definition) is 6. The fourth-order valence-corrected chi connectivity index (χ4v) is 3.39. The molecular weight excluding hydrogens is 374 g/mol. The third-order valence-electron chi connectivity index (χ3n) is 3.89. The minimum Gasteiger partial charge on any atom is -0.497 e.